The van der Waals surface area contributed by atoms with Gasteiger partial charge in [0, 0.05) is 12.1 Å². The van der Waals surface area contributed by atoms with E-state index in [0.29, 0.717) is 18.4 Å². The van der Waals surface area contributed by atoms with E-state index in [4.69, 9.17) is 5.11 Å². The standard InChI is InChI=1S/C15H19NO3/c1-2-3-11-4-6-12(7-5-11)13(17)16-10-15(8-9-15)14(18)19/h4-7H,2-3,8-10H2,1H3,(H,16,17)(H,18,19). The maximum atomic E-state index is 11.9. The highest BCUT2D eigenvalue weighted by Gasteiger charge is 2.50. The molecule has 4 heteroatoms. The molecule has 0 atom stereocenters. The fourth-order valence-electron chi connectivity index (χ4n) is 2.08. The van der Waals surface area contributed by atoms with Crippen molar-refractivity contribution in [1.29, 1.82) is 0 Å². The van der Waals surface area contributed by atoms with Gasteiger partial charge in [-0.1, -0.05) is 25.5 Å². The molecule has 1 aromatic rings. The lowest BCUT2D eigenvalue weighted by Gasteiger charge is -2.11. The number of benzene rings is 1. The lowest BCUT2D eigenvalue weighted by molar-refractivity contribution is -0.143. The molecule has 0 heterocycles. The smallest absolute Gasteiger partial charge is 0.311 e. The van der Waals surface area contributed by atoms with E-state index in [1.165, 1.54) is 5.56 Å². The molecule has 0 aromatic heterocycles. The SMILES string of the molecule is CCCc1ccc(C(=O)NCC2(C(=O)O)CC2)cc1. The van der Waals surface area contributed by atoms with Crippen molar-refractivity contribution in [1.82, 2.24) is 5.32 Å². The van der Waals surface area contributed by atoms with Crippen LogP contribution in [-0.2, 0) is 11.2 Å². The normalized spacial score (nSPS) is 15.8. The molecular weight excluding hydrogens is 242 g/mol. The predicted molar refractivity (Wildman–Crippen MR) is 72.1 cm³/mol. The molecule has 1 saturated carbocycles. The van der Waals surface area contributed by atoms with Crippen molar-refractivity contribution in [3.8, 4) is 0 Å². The second-order valence-electron chi connectivity index (χ2n) is 5.22. The van der Waals surface area contributed by atoms with Crippen molar-refractivity contribution < 1.29 is 14.7 Å². The molecule has 19 heavy (non-hydrogen) atoms. The average molecular weight is 261 g/mol. The van der Waals surface area contributed by atoms with Gasteiger partial charge >= 0.3 is 5.97 Å². The van der Waals surface area contributed by atoms with Gasteiger partial charge in [0.2, 0.25) is 0 Å². The molecule has 0 spiro atoms. The number of aryl methyl sites for hydroxylation is 1. The summed E-state index contributed by atoms with van der Waals surface area (Å²) in [5.41, 5.74) is 1.09. The van der Waals surface area contributed by atoms with Gasteiger partial charge in [0.15, 0.2) is 0 Å². The molecule has 1 aliphatic carbocycles. The minimum absolute atomic E-state index is 0.199. The minimum atomic E-state index is -0.814. The summed E-state index contributed by atoms with van der Waals surface area (Å²) in [7, 11) is 0. The zero-order chi connectivity index (χ0) is 13.9. The molecule has 1 aromatic carbocycles. The van der Waals surface area contributed by atoms with Crippen molar-refractivity contribution in [3.63, 3.8) is 0 Å². The van der Waals surface area contributed by atoms with Crippen LogP contribution in [0.15, 0.2) is 24.3 Å². The largest absolute Gasteiger partial charge is 0.481 e. The molecule has 1 fully saturated rings. The summed E-state index contributed by atoms with van der Waals surface area (Å²) >= 11 is 0. The molecule has 0 bridgehead atoms. The van der Waals surface area contributed by atoms with Crippen LogP contribution in [0.1, 0.15) is 42.1 Å². The van der Waals surface area contributed by atoms with Gasteiger partial charge in [0.05, 0.1) is 5.41 Å². The van der Waals surface area contributed by atoms with E-state index in [0.717, 1.165) is 12.8 Å². The number of carbonyl (C=O) groups is 2. The highest BCUT2D eigenvalue weighted by molar-refractivity contribution is 5.94. The minimum Gasteiger partial charge on any atom is -0.481 e. The molecular formula is C15H19NO3. The van der Waals surface area contributed by atoms with Gasteiger partial charge < -0.3 is 10.4 Å². The predicted octanol–water partition coefficient (Wildman–Crippen LogP) is 2.23. The van der Waals surface area contributed by atoms with Crippen LogP contribution in [0.2, 0.25) is 0 Å². The Morgan fingerprint density at radius 2 is 1.89 bits per heavy atom. The third kappa shape index (κ3) is 3.13. The second-order valence-corrected chi connectivity index (χ2v) is 5.22. The van der Waals surface area contributed by atoms with Crippen molar-refractivity contribution in [3.05, 3.63) is 35.4 Å². The van der Waals surface area contributed by atoms with E-state index in [1.807, 2.05) is 12.1 Å². The molecule has 2 N–H and O–H groups in total. The van der Waals surface area contributed by atoms with Crippen LogP contribution in [0.4, 0.5) is 0 Å². The summed E-state index contributed by atoms with van der Waals surface area (Å²) in [6.45, 7) is 2.33. The van der Waals surface area contributed by atoms with E-state index >= 15 is 0 Å². The van der Waals surface area contributed by atoms with Crippen LogP contribution < -0.4 is 5.32 Å². The van der Waals surface area contributed by atoms with Gasteiger partial charge in [-0.05, 0) is 37.0 Å². The number of hydrogen-bond donors (Lipinski definition) is 2. The molecule has 0 radical (unpaired) electrons. The van der Waals surface area contributed by atoms with Crippen LogP contribution in [-0.4, -0.2) is 23.5 Å². The van der Waals surface area contributed by atoms with Crippen LogP contribution >= 0.6 is 0 Å². The Bertz CT molecular complexity index is 475. The highest BCUT2D eigenvalue weighted by atomic mass is 16.4. The first kappa shape index (κ1) is 13.6. The summed E-state index contributed by atoms with van der Waals surface area (Å²) in [5.74, 6) is -1.01. The summed E-state index contributed by atoms with van der Waals surface area (Å²) in [4.78, 5) is 22.9. The second kappa shape index (κ2) is 5.43. The Morgan fingerprint density at radius 1 is 1.26 bits per heavy atom. The Labute approximate surface area is 112 Å². The number of carbonyl (C=O) groups excluding carboxylic acids is 1. The highest BCUT2D eigenvalue weighted by Crippen LogP contribution is 2.45. The number of amides is 1. The number of rotatable bonds is 6. The van der Waals surface area contributed by atoms with Gasteiger partial charge in [-0.15, -0.1) is 0 Å². The zero-order valence-corrected chi connectivity index (χ0v) is 11.1. The van der Waals surface area contributed by atoms with Crippen LogP contribution in [0.5, 0.6) is 0 Å². The van der Waals surface area contributed by atoms with Crippen LogP contribution in [0.3, 0.4) is 0 Å². The first-order valence-electron chi connectivity index (χ1n) is 6.68. The summed E-state index contributed by atoms with van der Waals surface area (Å²) in [6, 6.07) is 7.48. The van der Waals surface area contributed by atoms with Crippen molar-refractivity contribution >= 4 is 11.9 Å². The molecule has 0 unspecified atom stereocenters. The lowest BCUT2D eigenvalue weighted by atomic mass is 10.1. The van der Waals surface area contributed by atoms with Gasteiger partial charge in [-0.25, -0.2) is 0 Å². The van der Waals surface area contributed by atoms with Crippen molar-refractivity contribution in [2.24, 2.45) is 5.41 Å². The molecule has 4 nitrogen and oxygen atoms in total. The monoisotopic (exact) mass is 261 g/mol. The topological polar surface area (TPSA) is 66.4 Å². The average Bonchev–Trinajstić information content (AvgIpc) is 3.18. The first-order valence-corrected chi connectivity index (χ1v) is 6.68. The molecule has 0 aliphatic heterocycles. The molecule has 0 saturated heterocycles. The molecule has 1 amide bonds. The van der Waals surface area contributed by atoms with Crippen molar-refractivity contribution in [2.75, 3.05) is 6.54 Å². The Morgan fingerprint density at radius 3 is 2.37 bits per heavy atom. The number of hydrogen-bond acceptors (Lipinski definition) is 2. The summed E-state index contributed by atoms with van der Waals surface area (Å²) < 4.78 is 0. The zero-order valence-electron chi connectivity index (χ0n) is 11.1. The maximum absolute atomic E-state index is 11.9. The van der Waals surface area contributed by atoms with Crippen molar-refractivity contribution in [2.45, 2.75) is 32.6 Å². The van der Waals surface area contributed by atoms with Gasteiger partial charge in [0.25, 0.3) is 5.91 Å². The van der Waals surface area contributed by atoms with E-state index in [-0.39, 0.29) is 12.5 Å². The third-order valence-electron chi connectivity index (χ3n) is 3.65. The van der Waals surface area contributed by atoms with Crippen LogP contribution in [0.25, 0.3) is 0 Å². The summed E-state index contributed by atoms with van der Waals surface area (Å²) in [5, 5.41) is 11.7. The Balaban J connectivity index is 1.91. The molecule has 1 aliphatic rings. The van der Waals surface area contributed by atoms with Gasteiger partial charge in [0.1, 0.15) is 0 Å². The van der Waals surface area contributed by atoms with E-state index in [2.05, 4.69) is 12.2 Å². The van der Waals surface area contributed by atoms with E-state index in [1.54, 1.807) is 12.1 Å². The number of nitrogens with one attached hydrogen (secondary N) is 1. The number of carboxylic acids is 1. The fourth-order valence-corrected chi connectivity index (χ4v) is 2.08. The molecule has 2 rings (SSSR count). The Kier molecular flexibility index (Phi) is 3.88. The molecule has 102 valence electrons. The lowest BCUT2D eigenvalue weighted by Crippen LogP contribution is -2.34. The maximum Gasteiger partial charge on any atom is 0.311 e. The first-order chi connectivity index (χ1) is 9.07. The van der Waals surface area contributed by atoms with Gasteiger partial charge in [-0.3, -0.25) is 9.59 Å². The summed E-state index contributed by atoms with van der Waals surface area (Å²) in [6.07, 6.45) is 3.38. The quantitative estimate of drug-likeness (QED) is 0.825. The number of aliphatic carboxylic acids is 1. The van der Waals surface area contributed by atoms with Crippen LogP contribution in [0, 0.1) is 5.41 Å². The third-order valence-corrected chi connectivity index (χ3v) is 3.65. The number of carboxylic acid groups (broad SMARTS) is 1. The van der Waals surface area contributed by atoms with Gasteiger partial charge in [-0.2, -0.15) is 0 Å². The van der Waals surface area contributed by atoms with E-state index in [9.17, 15) is 9.59 Å². The Hall–Kier alpha value is -1.84. The fraction of sp³-hybridized carbons (Fsp3) is 0.467. The van der Waals surface area contributed by atoms with E-state index < -0.39 is 11.4 Å².